The van der Waals surface area contributed by atoms with Gasteiger partial charge in [-0.25, -0.2) is 0 Å². The number of hydrogen-bond donors (Lipinski definition) is 2. The topological polar surface area (TPSA) is 52.6 Å². The SMILES string of the molecule is CN1c2cc(O)ccc2NC(=O)C1(C)C. The molecule has 4 nitrogen and oxygen atoms in total. The highest BCUT2D eigenvalue weighted by Crippen LogP contribution is 2.37. The number of amides is 1. The molecular weight excluding hydrogens is 192 g/mol. The summed E-state index contributed by atoms with van der Waals surface area (Å²) in [6.45, 7) is 3.69. The van der Waals surface area contributed by atoms with Crippen LogP contribution in [0.25, 0.3) is 0 Å². The quantitative estimate of drug-likeness (QED) is 0.633. The summed E-state index contributed by atoms with van der Waals surface area (Å²) >= 11 is 0. The molecule has 2 rings (SSSR count). The summed E-state index contributed by atoms with van der Waals surface area (Å²) < 4.78 is 0. The van der Waals surface area contributed by atoms with E-state index in [2.05, 4.69) is 5.32 Å². The van der Waals surface area contributed by atoms with Gasteiger partial charge in [-0.2, -0.15) is 0 Å². The number of benzene rings is 1. The van der Waals surface area contributed by atoms with Crippen LogP contribution in [0, 0.1) is 0 Å². The smallest absolute Gasteiger partial charge is 0.249 e. The number of phenolic OH excluding ortho intramolecular Hbond substituents is 1. The average molecular weight is 206 g/mol. The molecule has 0 saturated carbocycles. The van der Waals surface area contributed by atoms with Crippen molar-refractivity contribution in [1.29, 1.82) is 0 Å². The van der Waals surface area contributed by atoms with Gasteiger partial charge in [-0.05, 0) is 26.0 Å². The largest absolute Gasteiger partial charge is 0.508 e. The zero-order chi connectivity index (χ0) is 11.2. The van der Waals surface area contributed by atoms with Crippen molar-refractivity contribution in [1.82, 2.24) is 0 Å². The molecular formula is C11H14N2O2. The maximum absolute atomic E-state index is 11.8. The van der Waals surface area contributed by atoms with E-state index in [0.717, 1.165) is 11.4 Å². The second-order valence-corrected chi connectivity index (χ2v) is 4.27. The van der Waals surface area contributed by atoms with Gasteiger partial charge >= 0.3 is 0 Å². The minimum absolute atomic E-state index is 0.0387. The first-order chi connectivity index (χ1) is 6.93. The first-order valence-corrected chi connectivity index (χ1v) is 4.81. The second-order valence-electron chi connectivity index (χ2n) is 4.27. The van der Waals surface area contributed by atoms with Crippen molar-refractivity contribution >= 4 is 17.3 Å². The van der Waals surface area contributed by atoms with Crippen LogP contribution in [0.3, 0.4) is 0 Å². The zero-order valence-corrected chi connectivity index (χ0v) is 9.03. The number of anilines is 2. The van der Waals surface area contributed by atoms with E-state index in [0.29, 0.717) is 0 Å². The standard InChI is InChI=1S/C11H14N2O2/c1-11(2)10(15)12-8-5-4-7(14)6-9(8)13(11)3/h4-6,14H,1-3H3,(H,12,15). The molecule has 0 bridgehead atoms. The Labute approximate surface area is 88.5 Å². The monoisotopic (exact) mass is 206 g/mol. The highest BCUT2D eigenvalue weighted by atomic mass is 16.3. The Morgan fingerprint density at radius 2 is 2.07 bits per heavy atom. The van der Waals surface area contributed by atoms with Crippen LogP contribution >= 0.6 is 0 Å². The lowest BCUT2D eigenvalue weighted by molar-refractivity contribution is -0.120. The lowest BCUT2D eigenvalue weighted by Crippen LogP contribution is -2.54. The molecule has 0 fully saturated rings. The Kier molecular flexibility index (Phi) is 1.89. The van der Waals surface area contributed by atoms with Gasteiger partial charge < -0.3 is 15.3 Å². The lowest BCUT2D eigenvalue weighted by Gasteiger charge is -2.41. The van der Waals surface area contributed by atoms with Crippen molar-refractivity contribution in [2.45, 2.75) is 19.4 Å². The molecule has 15 heavy (non-hydrogen) atoms. The van der Waals surface area contributed by atoms with E-state index in [4.69, 9.17) is 0 Å². The normalized spacial score (nSPS) is 18.3. The van der Waals surface area contributed by atoms with Crippen LogP contribution in [-0.2, 0) is 4.79 Å². The van der Waals surface area contributed by atoms with Crippen LogP contribution in [0.5, 0.6) is 5.75 Å². The maximum Gasteiger partial charge on any atom is 0.249 e. The van der Waals surface area contributed by atoms with Crippen molar-refractivity contribution in [3.05, 3.63) is 18.2 Å². The van der Waals surface area contributed by atoms with Crippen LogP contribution in [0.4, 0.5) is 11.4 Å². The molecule has 0 unspecified atom stereocenters. The van der Waals surface area contributed by atoms with E-state index in [-0.39, 0.29) is 11.7 Å². The summed E-state index contributed by atoms with van der Waals surface area (Å²) in [6.07, 6.45) is 0. The molecule has 0 spiro atoms. The van der Waals surface area contributed by atoms with E-state index in [1.54, 1.807) is 18.2 Å². The zero-order valence-electron chi connectivity index (χ0n) is 9.03. The predicted molar refractivity (Wildman–Crippen MR) is 59.2 cm³/mol. The molecule has 1 aliphatic heterocycles. The van der Waals surface area contributed by atoms with Gasteiger partial charge in [-0.3, -0.25) is 4.79 Å². The molecule has 2 N–H and O–H groups in total. The number of likely N-dealkylation sites (N-methyl/N-ethyl adjacent to an activating group) is 1. The number of nitrogens with zero attached hydrogens (tertiary/aromatic N) is 1. The van der Waals surface area contributed by atoms with Gasteiger partial charge in [0, 0.05) is 13.1 Å². The predicted octanol–water partition coefficient (Wildman–Crippen LogP) is 1.56. The lowest BCUT2D eigenvalue weighted by atomic mass is 9.97. The third-order valence-electron chi connectivity index (χ3n) is 2.99. The van der Waals surface area contributed by atoms with Crippen LogP contribution in [0.15, 0.2) is 18.2 Å². The number of rotatable bonds is 0. The number of aromatic hydroxyl groups is 1. The fourth-order valence-corrected chi connectivity index (χ4v) is 1.63. The number of hydrogen-bond acceptors (Lipinski definition) is 3. The Morgan fingerprint density at radius 3 is 2.73 bits per heavy atom. The Balaban J connectivity index is 2.57. The van der Waals surface area contributed by atoms with Gasteiger partial charge in [-0.15, -0.1) is 0 Å². The van der Waals surface area contributed by atoms with Crippen LogP contribution < -0.4 is 10.2 Å². The van der Waals surface area contributed by atoms with Crippen molar-refractivity contribution in [2.24, 2.45) is 0 Å². The molecule has 0 aromatic heterocycles. The molecule has 80 valence electrons. The molecule has 1 heterocycles. The molecule has 4 heteroatoms. The number of nitrogens with one attached hydrogen (secondary N) is 1. The summed E-state index contributed by atoms with van der Waals surface area (Å²) in [5, 5.41) is 12.2. The third kappa shape index (κ3) is 1.33. The van der Waals surface area contributed by atoms with Crippen LogP contribution in [-0.4, -0.2) is 23.6 Å². The summed E-state index contributed by atoms with van der Waals surface area (Å²) in [5.41, 5.74) is 0.972. The van der Waals surface area contributed by atoms with Gasteiger partial charge in [-0.1, -0.05) is 0 Å². The summed E-state index contributed by atoms with van der Waals surface area (Å²) in [4.78, 5) is 13.6. The molecule has 1 aliphatic rings. The third-order valence-corrected chi connectivity index (χ3v) is 2.99. The van der Waals surface area contributed by atoms with Crippen LogP contribution in [0.2, 0.25) is 0 Å². The molecule has 1 aromatic carbocycles. The minimum atomic E-state index is -0.596. The summed E-state index contributed by atoms with van der Waals surface area (Å²) in [5.74, 6) is 0.163. The number of carbonyl (C=O) groups is 1. The summed E-state index contributed by atoms with van der Waals surface area (Å²) in [6, 6.07) is 4.91. The highest BCUT2D eigenvalue weighted by Gasteiger charge is 2.37. The van der Waals surface area contributed by atoms with E-state index in [1.165, 1.54) is 0 Å². The number of phenols is 1. The van der Waals surface area contributed by atoms with Gasteiger partial charge in [0.15, 0.2) is 0 Å². The highest BCUT2D eigenvalue weighted by molar-refractivity contribution is 6.06. The van der Waals surface area contributed by atoms with E-state index < -0.39 is 5.54 Å². The van der Waals surface area contributed by atoms with E-state index in [9.17, 15) is 9.90 Å². The first kappa shape index (κ1) is 9.83. The average Bonchev–Trinajstić information content (AvgIpc) is 2.17. The van der Waals surface area contributed by atoms with Crippen molar-refractivity contribution in [3.63, 3.8) is 0 Å². The first-order valence-electron chi connectivity index (χ1n) is 4.81. The fourth-order valence-electron chi connectivity index (χ4n) is 1.63. The van der Waals surface area contributed by atoms with Crippen molar-refractivity contribution < 1.29 is 9.90 Å². The van der Waals surface area contributed by atoms with Gasteiger partial charge in [0.05, 0.1) is 11.4 Å². The molecule has 0 saturated heterocycles. The molecule has 1 aromatic rings. The molecule has 1 amide bonds. The van der Waals surface area contributed by atoms with E-state index in [1.807, 2.05) is 25.8 Å². The minimum Gasteiger partial charge on any atom is -0.508 e. The van der Waals surface area contributed by atoms with Crippen molar-refractivity contribution in [3.8, 4) is 5.75 Å². The Bertz CT molecular complexity index is 427. The molecule has 0 aliphatic carbocycles. The Hall–Kier alpha value is -1.71. The Morgan fingerprint density at radius 1 is 1.40 bits per heavy atom. The maximum atomic E-state index is 11.8. The van der Waals surface area contributed by atoms with Crippen LogP contribution in [0.1, 0.15) is 13.8 Å². The van der Waals surface area contributed by atoms with Gasteiger partial charge in [0.25, 0.3) is 0 Å². The fraction of sp³-hybridized carbons (Fsp3) is 0.364. The van der Waals surface area contributed by atoms with Gasteiger partial charge in [0.2, 0.25) is 5.91 Å². The number of fused-ring (bicyclic) bond motifs is 1. The molecule has 0 radical (unpaired) electrons. The van der Waals surface area contributed by atoms with Gasteiger partial charge in [0.1, 0.15) is 11.3 Å². The summed E-state index contributed by atoms with van der Waals surface area (Å²) in [7, 11) is 1.84. The van der Waals surface area contributed by atoms with Crippen molar-refractivity contribution in [2.75, 3.05) is 17.3 Å². The number of carbonyl (C=O) groups excluding carboxylic acids is 1. The molecule has 0 atom stereocenters. The van der Waals surface area contributed by atoms with E-state index >= 15 is 0 Å². The second kappa shape index (κ2) is 2.89.